The number of para-hydroxylation sites is 2. The quantitative estimate of drug-likeness (QED) is 0.139. The number of benzene rings is 3. The first-order chi connectivity index (χ1) is 25.0. The van der Waals surface area contributed by atoms with E-state index in [9.17, 15) is 9.59 Å². The number of nitrogens with one attached hydrogen (secondary N) is 4. The van der Waals surface area contributed by atoms with Gasteiger partial charge in [0.1, 0.15) is 22.7 Å². The van der Waals surface area contributed by atoms with Crippen LogP contribution >= 0.6 is 23.2 Å². The average Bonchev–Trinajstić information content (AvgIpc) is 3.88. The summed E-state index contributed by atoms with van der Waals surface area (Å²) < 4.78 is 13.6. The highest BCUT2D eigenvalue weighted by Crippen LogP contribution is 2.55. The molecule has 10 nitrogen and oxygen atoms in total. The molecule has 3 aromatic heterocycles. The molecule has 12 heteroatoms. The number of carbonyl (C=O) groups excluding carboxylic acids is 2. The molecule has 2 amide bonds. The lowest BCUT2D eigenvalue weighted by atomic mass is 9.67. The molecule has 266 valence electrons. The van der Waals surface area contributed by atoms with Gasteiger partial charge in [0.2, 0.25) is 17.7 Å². The first-order valence-electron chi connectivity index (χ1n) is 17.5. The Kier molecular flexibility index (Phi) is 8.42. The molecule has 0 fully saturated rings. The second-order valence-corrected chi connectivity index (χ2v) is 14.7. The summed E-state index contributed by atoms with van der Waals surface area (Å²) in [5.74, 6) is 0.514. The predicted molar refractivity (Wildman–Crippen MR) is 202 cm³/mol. The van der Waals surface area contributed by atoms with E-state index < -0.39 is 17.5 Å². The second-order valence-electron chi connectivity index (χ2n) is 14.0. The van der Waals surface area contributed by atoms with Gasteiger partial charge in [0.05, 0.1) is 5.56 Å². The fourth-order valence-electron chi connectivity index (χ4n) is 7.85. The molecule has 1 unspecified atom stereocenters. The molecule has 4 bridgehead atoms. The Balaban J connectivity index is 1.43. The highest BCUT2D eigenvalue weighted by Gasteiger charge is 2.54. The second kappa shape index (κ2) is 12.9. The number of amides is 2. The molecule has 2 aliphatic rings. The summed E-state index contributed by atoms with van der Waals surface area (Å²) in [6.07, 6.45) is 0.537. The number of carbonyl (C=O) groups is 2. The van der Waals surface area contributed by atoms with Gasteiger partial charge in [-0.1, -0.05) is 98.6 Å². The van der Waals surface area contributed by atoms with Crippen LogP contribution in [0.15, 0.2) is 75.6 Å². The van der Waals surface area contributed by atoms with Gasteiger partial charge < -0.3 is 29.8 Å². The van der Waals surface area contributed by atoms with Gasteiger partial charge in [-0.2, -0.15) is 4.98 Å². The van der Waals surface area contributed by atoms with Gasteiger partial charge in [0.15, 0.2) is 22.4 Å². The van der Waals surface area contributed by atoms with E-state index >= 15 is 0 Å². The molecular formula is C40H38Cl2N6O4. The molecule has 52 heavy (non-hydrogen) atoms. The van der Waals surface area contributed by atoms with Crippen LogP contribution < -0.4 is 16.0 Å². The third kappa shape index (κ3) is 5.30. The summed E-state index contributed by atoms with van der Waals surface area (Å²) in [6, 6.07) is 20.3. The van der Waals surface area contributed by atoms with E-state index in [4.69, 9.17) is 42.0 Å². The number of hydrogen-bond donors (Lipinski definition) is 4. The molecule has 0 aliphatic carbocycles. The van der Waals surface area contributed by atoms with Crippen molar-refractivity contribution in [3.05, 3.63) is 111 Å². The summed E-state index contributed by atoms with van der Waals surface area (Å²) in [4.78, 5) is 39.8. The van der Waals surface area contributed by atoms with Crippen molar-refractivity contribution in [1.82, 2.24) is 25.6 Å². The Bertz CT molecular complexity index is 2380. The zero-order valence-electron chi connectivity index (χ0n) is 29.4. The molecule has 1 spiro atoms. The van der Waals surface area contributed by atoms with Crippen molar-refractivity contribution in [2.24, 2.45) is 5.92 Å². The summed E-state index contributed by atoms with van der Waals surface area (Å²) in [5.41, 5.74) is 5.61. The zero-order valence-corrected chi connectivity index (χ0v) is 30.9. The lowest BCUT2D eigenvalue weighted by Crippen LogP contribution is -2.49. The maximum absolute atomic E-state index is 14.0. The van der Waals surface area contributed by atoms with Crippen molar-refractivity contribution in [2.75, 3.05) is 5.32 Å². The van der Waals surface area contributed by atoms with E-state index in [0.29, 0.717) is 34.4 Å². The SMILES string of the molecule is CCC(=O)N[C@H]1Cc2ccc(C)c(c2)[C@@]2(c3ccccc3NC2C)c2oc(nc2-c2nc(Cl)c(-c3c(Cl)[nH]c4ccccc34)o2)[C@H](C(C)C)NC1=O. The van der Waals surface area contributed by atoms with Crippen molar-refractivity contribution in [3.63, 3.8) is 0 Å². The van der Waals surface area contributed by atoms with Crippen LogP contribution in [0.2, 0.25) is 10.3 Å². The fraction of sp³-hybridized carbons (Fsp3) is 0.300. The summed E-state index contributed by atoms with van der Waals surface area (Å²) in [6.45, 7) is 9.92. The van der Waals surface area contributed by atoms with E-state index in [1.54, 1.807) is 6.92 Å². The van der Waals surface area contributed by atoms with E-state index in [2.05, 4.69) is 59.0 Å². The van der Waals surface area contributed by atoms with E-state index in [0.717, 1.165) is 38.8 Å². The van der Waals surface area contributed by atoms with Crippen LogP contribution in [0.3, 0.4) is 0 Å². The zero-order chi connectivity index (χ0) is 36.5. The van der Waals surface area contributed by atoms with Gasteiger partial charge in [0.25, 0.3) is 5.89 Å². The molecule has 2 aliphatic heterocycles. The molecule has 0 saturated heterocycles. The van der Waals surface area contributed by atoms with Gasteiger partial charge in [-0.25, -0.2) is 4.98 Å². The Morgan fingerprint density at radius 2 is 1.79 bits per heavy atom. The highest BCUT2D eigenvalue weighted by atomic mass is 35.5. The van der Waals surface area contributed by atoms with Gasteiger partial charge in [-0.05, 0) is 54.2 Å². The fourth-order valence-corrected chi connectivity index (χ4v) is 8.35. The van der Waals surface area contributed by atoms with Gasteiger partial charge in [0, 0.05) is 35.5 Å². The first-order valence-corrected chi connectivity index (χ1v) is 18.3. The Hall–Kier alpha value is -5.06. The van der Waals surface area contributed by atoms with Gasteiger partial charge >= 0.3 is 0 Å². The third-order valence-corrected chi connectivity index (χ3v) is 11.0. The van der Waals surface area contributed by atoms with Crippen LogP contribution in [0.1, 0.15) is 74.1 Å². The van der Waals surface area contributed by atoms with Crippen molar-refractivity contribution >= 4 is 51.6 Å². The first kappa shape index (κ1) is 34.0. The lowest BCUT2D eigenvalue weighted by molar-refractivity contribution is -0.129. The number of halogens is 2. The number of hydrogen-bond acceptors (Lipinski definition) is 7. The van der Waals surface area contributed by atoms with Gasteiger partial charge in [-0.15, -0.1) is 0 Å². The van der Waals surface area contributed by atoms with Crippen molar-refractivity contribution < 1.29 is 18.4 Å². The molecule has 5 heterocycles. The Morgan fingerprint density at radius 1 is 1.02 bits per heavy atom. The van der Waals surface area contributed by atoms with Crippen molar-refractivity contribution in [2.45, 2.75) is 71.0 Å². The molecule has 3 aromatic carbocycles. The van der Waals surface area contributed by atoms with Crippen LogP contribution in [0.4, 0.5) is 5.69 Å². The van der Waals surface area contributed by atoms with E-state index in [1.807, 2.05) is 56.3 Å². The topological polar surface area (TPSA) is 138 Å². The maximum atomic E-state index is 14.0. The van der Waals surface area contributed by atoms with Crippen molar-refractivity contribution in [1.29, 1.82) is 0 Å². The lowest BCUT2D eigenvalue weighted by Gasteiger charge is -2.35. The minimum Gasteiger partial charge on any atom is -0.441 e. The molecule has 8 rings (SSSR count). The number of fused-ring (bicyclic) bond motifs is 9. The Labute approximate surface area is 310 Å². The molecule has 4 atom stereocenters. The van der Waals surface area contributed by atoms with Gasteiger partial charge in [-0.3, -0.25) is 9.59 Å². The number of aromatic amines is 1. The van der Waals surface area contributed by atoms with Crippen LogP contribution in [-0.2, 0) is 21.4 Å². The van der Waals surface area contributed by atoms with Crippen LogP contribution in [0.25, 0.3) is 33.8 Å². The number of aromatic nitrogens is 3. The number of anilines is 1. The third-order valence-electron chi connectivity index (χ3n) is 10.4. The maximum Gasteiger partial charge on any atom is 0.250 e. The molecule has 0 saturated carbocycles. The minimum atomic E-state index is -0.941. The van der Waals surface area contributed by atoms with Crippen LogP contribution in [0.5, 0.6) is 0 Å². The minimum absolute atomic E-state index is 0.114. The summed E-state index contributed by atoms with van der Waals surface area (Å²) >= 11 is 13.7. The number of rotatable bonds is 5. The van der Waals surface area contributed by atoms with E-state index in [1.165, 1.54) is 0 Å². The standard InChI is InChI=1S/C40H38Cl2N6O4/c1-6-29(49)44-28-18-22-16-15-20(4)25(17-22)40(21(5)43-27-14-10-8-12-24(27)40)34-32(47-38(52-34)31(19(2)3)46-37(28)50)39-48-36(42)33(51-39)30-23-11-7-9-13-26(23)45-35(30)41/h7-17,19,21,28,31,43,45H,6,18H2,1-5H3,(H,44,49)(H,46,50)/t21?,28-,31-,40+/m0/s1. The summed E-state index contributed by atoms with van der Waals surface area (Å²) in [5, 5.41) is 11.1. The number of H-pyrrole nitrogens is 1. The number of oxazole rings is 2. The van der Waals surface area contributed by atoms with Crippen molar-refractivity contribution in [3.8, 4) is 22.9 Å². The highest BCUT2D eigenvalue weighted by molar-refractivity contribution is 6.37. The number of nitrogens with zero attached hydrogens (tertiary/aromatic N) is 2. The number of aryl methyl sites for hydroxylation is 1. The molecule has 0 radical (unpaired) electrons. The molecule has 6 aromatic rings. The summed E-state index contributed by atoms with van der Waals surface area (Å²) in [7, 11) is 0. The normalized spacial score (nSPS) is 21.1. The Morgan fingerprint density at radius 3 is 2.58 bits per heavy atom. The van der Waals surface area contributed by atoms with Crippen LogP contribution in [-0.4, -0.2) is 38.8 Å². The van der Waals surface area contributed by atoms with E-state index in [-0.39, 0.29) is 47.1 Å². The van der Waals surface area contributed by atoms with Crippen LogP contribution in [0, 0.1) is 12.8 Å². The average molecular weight is 738 g/mol. The molecule has 4 N–H and O–H groups in total. The predicted octanol–water partition coefficient (Wildman–Crippen LogP) is 8.51. The largest absolute Gasteiger partial charge is 0.441 e. The smallest absolute Gasteiger partial charge is 0.250 e. The monoisotopic (exact) mass is 736 g/mol. The molecular weight excluding hydrogens is 699 g/mol.